The average Bonchev–Trinajstić information content (AvgIpc) is 2.19. The highest BCUT2D eigenvalue weighted by Gasteiger charge is 2.03. The first-order valence-corrected chi connectivity index (χ1v) is 5.00. The second-order valence-corrected chi connectivity index (χ2v) is 3.38. The van der Waals surface area contributed by atoms with Crippen LogP contribution in [0, 0.1) is 0 Å². The highest BCUT2D eigenvalue weighted by atomic mass is 14.6. The number of aromatic nitrogens is 1. The van der Waals surface area contributed by atoms with Crippen LogP contribution in [0.2, 0.25) is 0 Å². The summed E-state index contributed by atoms with van der Waals surface area (Å²) < 4.78 is 0. The maximum absolute atomic E-state index is 6.01. The molecule has 0 aliphatic carbocycles. The molecule has 13 heavy (non-hydrogen) atoms. The SMILES string of the molecule is CCCCCC(N)c1ccncc1. The Labute approximate surface area is 80.2 Å². The Morgan fingerprint density at radius 1 is 1.31 bits per heavy atom. The van der Waals surface area contributed by atoms with Crippen molar-refractivity contribution in [3.05, 3.63) is 30.1 Å². The molecule has 0 aliphatic rings. The third-order valence-corrected chi connectivity index (χ3v) is 2.25. The molecule has 2 heteroatoms. The zero-order valence-corrected chi connectivity index (χ0v) is 8.24. The second kappa shape index (κ2) is 5.70. The minimum Gasteiger partial charge on any atom is -0.324 e. The minimum atomic E-state index is 0.189. The van der Waals surface area contributed by atoms with Gasteiger partial charge in [0.2, 0.25) is 0 Å². The summed E-state index contributed by atoms with van der Waals surface area (Å²) in [4.78, 5) is 3.97. The lowest BCUT2D eigenvalue weighted by Crippen LogP contribution is -2.09. The van der Waals surface area contributed by atoms with Crippen molar-refractivity contribution in [2.24, 2.45) is 5.73 Å². The Balaban J connectivity index is 2.35. The lowest BCUT2D eigenvalue weighted by Gasteiger charge is -2.10. The Morgan fingerprint density at radius 3 is 2.62 bits per heavy atom. The van der Waals surface area contributed by atoms with Crippen LogP contribution in [0.5, 0.6) is 0 Å². The predicted octanol–water partition coefficient (Wildman–Crippen LogP) is 2.66. The lowest BCUT2D eigenvalue weighted by molar-refractivity contribution is 0.581. The van der Waals surface area contributed by atoms with Gasteiger partial charge in [0.15, 0.2) is 0 Å². The van der Waals surface area contributed by atoms with Gasteiger partial charge in [-0.1, -0.05) is 26.2 Å². The van der Waals surface area contributed by atoms with Gasteiger partial charge in [0.05, 0.1) is 0 Å². The van der Waals surface area contributed by atoms with Crippen LogP contribution in [0.1, 0.15) is 44.2 Å². The molecule has 1 rings (SSSR count). The van der Waals surface area contributed by atoms with Crippen LogP contribution in [0.4, 0.5) is 0 Å². The van der Waals surface area contributed by atoms with Crippen LogP contribution in [-0.4, -0.2) is 4.98 Å². The van der Waals surface area contributed by atoms with Crippen LogP contribution in [0.3, 0.4) is 0 Å². The van der Waals surface area contributed by atoms with E-state index in [1.54, 1.807) is 12.4 Å². The van der Waals surface area contributed by atoms with Gasteiger partial charge in [0.25, 0.3) is 0 Å². The van der Waals surface area contributed by atoms with Gasteiger partial charge in [-0.2, -0.15) is 0 Å². The first kappa shape index (κ1) is 10.2. The normalized spacial score (nSPS) is 12.8. The van der Waals surface area contributed by atoms with Crippen molar-refractivity contribution in [1.82, 2.24) is 4.98 Å². The summed E-state index contributed by atoms with van der Waals surface area (Å²) >= 11 is 0. The molecule has 0 fully saturated rings. The summed E-state index contributed by atoms with van der Waals surface area (Å²) in [6.45, 7) is 2.21. The van der Waals surface area contributed by atoms with Crippen molar-refractivity contribution in [3.8, 4) is 0 Å². The first-order valence-electron chi connectivity index (χ1n) is 5.00. The summed E-state index contributed by atoms with van der Waals surface area (Å²) in [5.41, 5.74) is 7.21. The van der Waals surface area contributed by atoms with E-state index in [0.29, 0.717) is 0 Å². The molecular weight excluding hydrogens is 160 g/mol. The third kappa shape index (κ3) is 3.55. The molecule has 1 aromatic rings. The number of hydrogen-bond acceptors (Lipinski definition) is 2. The summed E-state index contributed by atoms with van der Waals surface area (Å²) in [5, 5.41) is 0. The van der Waals surface area contributed by atoms with E-state index < -0.39 is 0 Å². The molecule has 1 unspecified atom stereocenters. The molecule has 2 N–H and O–H groups in total. The standard InChI is InChI=1S/C11H18N2/c1-2-3-4-5-11(12)10-6-8-13-9-7-10/h6-9,11H,2-5,12H2,1H3. The number of unbranched alkanes of at least 4 members (excludes halogenated alkanes) is 2. The molecule has 72 valence electrons. The molecule has 1 aromatic heterocycles. The zero-order valence-electron chi connectivity index (χ0n) is 8.24. The van der Waals surface area contributed by atoms with Gasteiger partial charge in [-0.25, -0.2) is 0 Å². The molecule has 0 saturated carbocycles. The molecule has 0 saturated heterocycles. The Bertz CT molecular complexity index is 221. The van der Waals surface area contributed by atoms with Gasteiger partial charge in [0, 0.05) is 18.4 Å². The number of nitrogens with zero attached hydrogens (tertiary/aromatic N) is 1. The van der Waals surface area contributed by atoms with Crippen molar-refractivity contribution in [2.45, 2.75) is 38.6 Å². The van der Waals surface area contributed by atoms with E-state index in [1.807, 2.05) is 12.1 Å². The van der Waals surface area contributed by atoms with E-state index in [1.165, 1.54) is 24.8 Å². The highest BCUT2D eigenvalue weighted by molar-refractivity contribution is 5.13. The molecular formula is C11H18N2. The molecule has 2 nitrogen and oxygen atoms in total. The smallest absolute Gasteiger partial charge is 0.0295 e. The minimum absolute atomic E-state index is 0.189. The Morgan fingerprint density at radius 2 is 2.00 bits per heavy atom. The first-order chi connectivity index (χ1) is 6.34. The Kier molecular flexibility index (Phi) is 4.47. The van der Waals surface area contributed by atoms with Crippen LogP contribution in [-0.2, 0) is 0 Å². The van der Waals surface area contributed by atoms with Crippen molar-refractivity contribution in [2.75, 3.05) is 0 Å². The lowest BCUT2D eigenvalue weighted by atomic mass is 10.0. The molecule has 0 radical (unpaired) electrons. The topological polar surface area (TPSA) is 38.9 Å². The quantitative estimate of drug-likeness (QED) is 0.704. The second-order valence-electron chi connectivity index (χ2n) is 3.38. The van der Waals surface area contributed by atoms with Crippen molar-refractivity contribution in [1.29, 1.82) is 0 Å². The fourth-order valence-electron chi connectivity index (χ4n) is 1.39. The molecule has 0 spiro atoms. The fraction of sp³-hybridized carbons (Fsp3) is 0.545. The third-order valence-electron chi connectivity index (χ3n) is 2.25. The maximum atomic E-state index is 6.01. The van der Waals surface area contributed by atoms with Gasteiger partial charge < -0.3 is 5.73 Å². The predicted molar refractivity (Wildman–Crippen MR) is 55.3 cm³/mol. The monoisotopic (exact) mass is 178 g/mol. The Hall–Kier alpha value is -0.890. The number of hydrogen-bond donors (Lipinski definition) is 1. The highest BCUT2D eigenvalue weighted by Crippen LogP contribution is 2.15. The van der Waals surface area contributed by atoms with Crippen LogP contribution >= 0.6 is 0 Å². The summed E-state index contributed by atoms with van der Waals surface area (Å²) in [6.07, 6.45) is 8.43. The van der Waals surface area contributed by atoms with E-state index in [2.05, 4.69) is 11.9 Å². The summed E-state index contributed by atoms with van der Waals surface area (Å²) in [5.74, 6) is 0. The van der Waals surface area contributed by atoms with Crippen LogP contribution in [0.15, 0.2) is 24.5 Å². The van der Waals surface area contributed by atoms with E-state index in [0.717, 1.165) is 6.42 Å². The maximum Gasteiger partial charge on any atom is 0.0295 e. The van der Waals surface area contributed by atoms with Gasteiger partial charge in [-0.05, 0) is 24.1 Å². The van der Waals surface area contributed by atoms with E-state index in [9.17, 15) is 0 Å². The molecule has 1 atom stereocenters. The molecule has 0 amide bonds. The largest absolute Gasteiger partial charge is 0.324 e. The van der Waals surface area contributed by atoms with E-state index in [-0.39, 0.29) is 6.04 Å². The molecule has 1 heterocycles. The van der Waals surface area contributed by atoms with Gasteiger partial charge in [-0.15, -0.1) is 0 Å². The van der Waals surface area contributed by atoms with Crippen LogP contribution < -0.4 is 5.73 Å². The number of rotatable bonds is 5. The summed E-state index contributed by atoms with van der Waals surface area (Å²) in [6, 6.07) is 4.18. The van der Waals surface area contributed by atoms with Gasteiger partial charge in [-0.3, -0.25) is 4.98 Å². The summed E-state index contributed by atoms with van der Waals surface area (Å²) in [7, 11) is 0. The molecule has 0 aromatic carbocycles. The van der Waals surface area contributed by atoms with Crippen molar-refractivity contribution >= 4 is 0 Å². The molecule has 0 aliphatic heterocycles. The fourth-order valence-corrected chi connectivity index (χ4v) is 1.39. The number of pyridine rings is 1. The molecule has 0 bridgehead atoms. The number of nitrogens with two attached hydrogens (primary N) is 1. The van der Waals surface area contributed by atoms with Gasteiger partial charge in [0.1, 0.15) is 0 Å². The van der Waals surface area contributed by atoms with Crippen LogP contribution in [0.25, 0.3) is 0 Å². The van der Waals surface area contributed by atoms with E-state index in [4.69, 9.17) is 5.73 Å². The zero-order chi connectivity index (χ0) is 9.52. The average molecular weight is 178 g/mol. The van der Waals surface area contributed by atoms with E-state index >= 15 is 0 Å². The van der Waals surface area contributed by atoms with Crippen molar-refractivity contribution in [3.63, 3.8) is 0 Å². The van der Waals surface area contributed by atoms with Gasteiger partial charge >= 0.3 is 0 Å². The van der Waals surface area contributed by atoms with Crippen molar-refractivity contribution < 1.29 is 0 Å².